The zero-order chi connectivity index (χ0) is 16.1. The summed E-state index contributed by atoms with van der Waals surface area (Å²) in [6.45, 7) is 3.06. The molecule has 0 amide bonds. The number of benzene rings is 2. The summed E-state index contributed by atoms with van der Waals surface area (Å²) in [5, 5.41) is 3.37. The highest BCUT2D eigenvalue weighted by atomic mass is 16.5. The van der Waals surface area contributed by atoms with E-state index in [1.54, 1.807) is 0 Å². The molecule has 23 heavy (non-hydrogen) atoms. The molecule has 0 aliphatic carbocycles. The van der Waals surface area contributed by atoms with Crippen LogP contribution >= 0.6 is 0 Å². The first-order valence-electron chi connectivity index (χ1n) is 8.43. The van der Waals surface area contributed by atoms with E-state index in [2.05, 4.69) is 72.8 Å². The topological polar surface area (TPSA) is 24.5 Å². The molecule has 0 atom stereocenters. The lowest BCUT2D eigenvalue weighted by molar-refractivity contribution is 0.162. The molecule has 0 aromatic heterocycles. The summed E-state index contributed by atoms with van der Waals surface area (Å²) in [5.41, 5.74) is 3.90. The minimum Gasteiger partial charge on any atom is -0.490 e. The first kappa shape index (κ1) is 16.0. The molecule has 0 unspecified atom stereocenters. The fourth-order valence-electron chi connectivity index (χ4n) is 3.10. The van der Waals surface area contributed by atoms with Gasteiger partial charge < -0.3 is 15.0 Å². The molecule has 1 heterocycles. The zero-order valence-corrected chi connectivity index (χ0v) is 14.1. The SMILES string of the molecule is CN(C)Cc1ccccc1-c1ccc(OC2CCNCC2)cc1. The number of nitrogens with one attached hydrogen (secondary N) is 1. The predicted octanol–water partition coefficient (Wildman–Crippen LogP) is 3.55. The molecule has 0 radical (unpaired) electrons. The summed E-state index contributed by atoms with van der Waals surface area (Å²) < 4.78 is 6.09. The van der Waals surface area contributed by atoms with Gasteiger partial charge in [-0.05, 0) is 68.8 Å². The van der Waals surface area contributed by atoms with Crippen molar-refractivity contribution >= 4 is 0 Å². The van der Waals surface area contributed by atoms with Crippen LogP contribution in [-0.2, 0) is 6.54 Å². The van der Waals surface area contributed by atoms with Crippen LogP contribution in [0, 0.1) is 0 Å². The van der Waals surface area contributed by atoms with Crippen molar-refractivity contribution in [2.75, 3.05) is 27.2 Å². The van der Waals surface area contributed by atoms with Gasteiger partial charge in [0.2, 0.25) is 0 Å². The average molecular weight is 310 g/mol. The summed E-state index contributed by atoms with van der Waals surface area (Å²) in [6.07, 6.45) is 2.53. The zero-order valence-electron chi connectivity index (χ0n) is 14.1. The minimum atomic E-state index is 0.350. The summed E-state index contributed by atoms with van der Waals surface area (Å²) in [5.74, 6) is 0.978. The molecule has 3 heteroatoms. The van der Waals surface area contributed by atoms with Crippen molar-refractivity contribution in [3.05, 3.63) is 54.1 Å². The van der Waals surface area contributed by atoms with Crippen molar-refractivity contribution in [2.24, 2.45) is 0 Å². The van der Waals surface area contributed by atoms with E-state index >= 15 is 0 Å². The smallest absolute Gasteiger partial charge is 0.119 e. The van der Waals surface area contributed by atoms with E-state index in [9.17, 15) is 0 Å². The highest BCUT2D eigenvalue weighted by molar-refractivity contribution is 5.67. The van der Waals surface area contributed by atoms with Crippen LogP contribution in [0.5, 0.6) is 5.75 Å². The van der Waals surface area contributed by atoms with Crippen LogP contribution < -0.4 is 10.1 Å². The fourth-order valence-corrected chi connectivity index (χ4v) is 3.10. The molecule has 3 nitrogen and oxygen atoms in total. The van der Waals surface area contributed by atoms with Crippen molar-refractivity contribution in [2.45, 2.75) is 25.5 Å². The Morgan fingerprint density at radius 1 is 1.00 bits per heavy atom. The van der Waals surface area contributed by atoms with Crippen LogP contribution in [0.1, 0.15) is 18.4 Å². The van der Waals surface area contributed by atoms with Crippen LogP contribution in [0.4, 0.5) is 0 Å². The second kappa shape index (κ2) is 7.62. The average Bonchev–Trinajstić information content (AvgIpc) is 2.57. The third-order valence-corrected chi connectivity index (χ3v) is 4.26. The second-order valence-corrected chi connectivity index (χ2v) is 6.49. The molecule has 0 saturated carbocycles. The number of hydrogen-bond acceptors (Lipinski definition) is 3. The van der Waals surface area contributed by atoms with Gasteiger partial charge in [-0.1, -0.05) is 36.4 Å². The highest BCUT2D eigenvalue weighted by Gasteiger charge is 2.14. The Kier molecular flexibility index (Phi) is 5.31. The lowest BCUT2D eigenvalue weighted by Crippen LogP contribution is -2.34. The van der Waals surface area contributed by atoms with E-state index in [0.717, 1.165) is 38.2 Å². The Hall–Kier alpha value is -1.84. The van der Waals surface area contributed by atoms with Gasteiger partial charge in [-0.25, -0.2) is 0 Å². The van der Waals surface area contributed by atoms with Gasteiger partial charge in [0.05, 0.1) is 0 Å². The third kappa shape index (κ3) is 4.34. The number of nitrogens with zero attached hydrogens (tertiary/aromatic N) is 1. The van der Waals surface area contributed by atoms with E-state index in [-0.39, 0.29) is 0 Å². The molecule has 0 bridgehead atoms. The van der Waals surface area contributed by atoms with Crippen molar-refractivity contribution < 1.29 is 4.74 Å². The van der Waals surface area contributed by atoms with Gasteiger partial charge in [0.25, 0.3) is 0 Å². The lowest BCUT2D eigenvalue weighted by Gasteiger charge is -2.24. The molecule has 3 rings (SSSR count). The maximum atomic E-state index is 6.09. The summed E-state index contributed by atoms with van der Waals surface area (Å²) in [6, 6.07) is 17.2. The molecular weight excluding hydrogens is 284 g/mol. The standard InChI is InChI=1S/C20H26N2O/c1-22(2)15-17-5-3-4-6-20(17)16-7-9-18(10-8-16)23-19-11-13-21-14-12-19/h3-10,19,21H,11-15H2,1-2H3. The van der Waals surface area contributed by atoms with Gasteiger partial charge >= 0.3 is 0 Å². The molecule has 2 aromatic rings. The van der Waals surface area contributed by atoms with Crippen molar-refractivity contribution in [1.82, 2.24) is 10.2 Å². The van der Waals surface area contributed by atoms with E-state index in [0.29, 0.717) is 6.10 Å². The number of rotatable bonds is 5. The largest absolute Gasteiger partial charge is 0.490 e. The van der Waals surface area contributed by atoms with Gasteiger partial charge in [0.1, 0.15) is 11.9 Å². The highest BCUT2D eigenvalue weighted by Crippen LogP contribution is 2.27. The normalized spacial score (nSPS) is 15.8. The molecular formula is C20H26N2O. The molecule has 1 aliphatic rings. The Bertz CT molecular complexity index is 616. The first-order chi connectivity index (χ1) is 11.2. The maximum absolute atomic E-state index is 6.09. The van der Waals surface area contributed by atoms with Crippen molar-refractivity contribution in [3.8, 4) is 16.9 Å². The van der Waals surface area contributed by atoms with Gasteiger partial charge in [0, 0.05) is 6.54 Å². The predicted molar refractivity (Wildman–Crippen MR) is 95.8 cm³/mol. The number of piperidine rings is 1. The summed E-state index contributed by atoms with van der Waals surface area (Å²) in [7, 11) is 4.21. The maximum Gasteiger partial charge on any atom is 0.119 e. The third-order valence-electron chi connectivity index (χ3n) is 4.26. The first-order valence-corrected chi connectivity index (χ1v) is 8.43. The summed E-state index contributed by atoms with van der Waals surface area (Å²) in [4.78, 5) is 2.20. The van der Waals surface area contributed by atoms with E-state index in [4.69, 9.17) is 4.74 Å². The van der Waals surface area contributed by atoms with Crippen molar-refractivity contribution in [1.29, 1.82) is 0 Å². The quantitative estimate of drug-likeness (QED) is 0.914. The molecule has 2 aromatic carbocycles. The van der Waals surface area contributed by atoms with Gasteiger partial charge in [-0.2, -0.15) is 0 Å². The molecule has 1 aliphatic heterocycles. The molecule has 0 spiro atoms. The Labute approximate surface area is 139 Å². The van der Waals surface area contributed by atoms with Gasteiger partial charge in [-0.3, -0.25) is 0 Å². The number of ether oxygens (including phenoxy) is 1. The van der Waals surface area contributed by atoms with Gasteiger partial charge in [-0.15, -0.1) is 0 Å². The lowest BCUT2D eigenvalue weighted by atomic mass is 9.99. The van der Waals surface area contributed by atoms with E-state index < -0.39 is 0 Å². The van der Waals surface area contributed by atoms with Crippen LogP contribution in [-0.4, -0.2) is 38.2 Å². The second-order valence-electron chi connectivity index (χ2n) is 6.49. The Morgan fingerprint density at radius 2 is 1.70 bits per heavy atom. The number of hydrogen-bond donors (Lipinski definition) is 1. The van der Waals surface area contributed by atoms with Gasteiger partial charge in [0.15, 0.2) is 0 Å². The van der Waals surface area contributed by atoms with Crippen LogP contribution in [0.3, 0.4) is 0 Å². The molecule has 1 N–H and O–H groups in total. The Balaban J connectivity index is 1.74. The molecule has 122 valence electrons. The minimum absolute atomic E-state index is 0.350. The van der Waals surface area contributed by atoms with Crippen LogP contribution in [0.15, 0.2) is 48.5 Å². The fraction of sp³-hybridized carbons (Fsp3) is 0.400. The van der Waals surface area contributed by atoms with Crippen LogP contribution in [0.25, 0.3) is 11.1 Å². The van der Waals surface area contributed by atoms with E-state index in [1.165, 1.54) is 16.7 Å². The molecule has 1 saturated heterocycles. The van der Waals surface area contributed by atoms with Crippen LogP contribution in [0.2, 0.25) is 0 Å². The molecule has 1 fully saturated rings. The van der Waals surface area contributed by atoms with Crippen molar-refractivity contribution in [3.63, 3.8) is 0 Å². The monoisotopic (exact) mass is 310 g/mol. The summed E-state index contributed by atoms with van der Waals surface area (Å²) >= 11 is 0. The Morgan fingerprint density at radius 3 is 2.39 bits per heavy atom. The van der Waals surface area contributed by atoms with E-state index in [1.807, 2.05) is 0 Å².